The zero-order valence-electron chi connectivity index (χ0n) is 14.3. The molecule has 1 aliphatic heterocycles. The number of amidine groups is 1. The molecule has 2 saturated carbocycles. The number of hydrogen-bond donors (Lipinski definition) is 2. The Bertz CT molecular complexity index is 560. The molecule has 0 radical (unpaired) electrons. The Balaban J connectivity index is 1.49. The summed E-state index contributed by atoms with van der Waals surface area (Å²) >= 11 is 0. The smallest absolute Gasteiger partial charge is 0.302 e. The Morgan fingerprint density at radius 1 is 1.38 bits per heavy atom. The Morgan fingerprint density at radius 3 is 2.83 bits per heavy atom. The number of rotatable bonds is 5. The van der Waals surface area contributed by atoms with Crippen LogP contribution >= 0.6 is 0 Å². The number of carbonyl (C=O) groups is 2. The highest BCUT2D eigenvalue weighted by Gasteiger charge is 2.45. The molecule has 0 aromatic heterocycles. The van der Waals surface area contributed by atoms with Gasteiger partial charge in [0.1, 0.15) is 11.9 Å². The van der Waals surface area contributed by atoms with Gasteiger partial charge in [0.2, 0.25) is 5.91 Å². The van der Waals surface area contributed by atoms with Crippen LogP contribution in [0.4, 0.5) is 0 Å². The summed E-state index contributed by atoms with van der Waals surface area (Å²) in [5.74, 6) is 1.62. The number of likely N-dealkylation sites (tertiary alicyclic amines) is 1. The molecule has 1 amide bonds. The molecule has 24 heavy (non-hydrogen) atoms. The molecule has 1 saturated heterocycles. The Labute approximate surface area is 143 Å². The number of allylic oxidation sites excluding steroid dienone is 1. The largest absolute Gasteiger partial charge is 0.463 e. The van der Waals surface area contributed by atoms with Crippen molar-refractivity contribution in [3.63, 3.8) is 0 Å². The molecule has 0 aromatic carbocycles. The molecule has 3 rings (SSSR count). The van der Waals surface area contributed by atoms with Gasteiger partial charge in [0.15, 0.2) is 0 Å². The highest BCUT2D eigenvalue weighted by molar-refractivity contribution is 5.98. The van der Waals surface area contributed by atoms with Gasteiger partial charge in [-0.1, -0.05) is 6.58 Å². The van der Waals surface area contributed by atoms with E-state index in [-0.39, 0.29) is 24.5 Å². The van der Waals surface area contributed by atoms with Gasteiger partial charge in [0.05, 0.1) is 6.54 Å². The molecule has 1 unspecified atom stereocenters. The minimum Gasteiger partial charge on any atom is -0.463 e. The second-order valence-electron chi connectivity index (χ2n) is 7.29. The van der Waals surface area contributed by atoms with Crippen molar-refractivity contribution >= 4 is 17.7 Å². The molecule has 4 atom stereocenters. The van der Waals surface area contributed by atoms with E-state index in [9.17, 15) is 9.59 Å². The minimum absolute atomic E-state index is 0.0415. The fourth-order valence-corrected chi connectivity index (χ4v) is 4.67. The molecule has 3 fully saturated rings. The number of hydrogen-bond acceptors (Lipinski definition) is 5. The van der Waals surface area contributed by atoms with Gasteiger partial charge in [0.25, 0.3) is 0 Å². The topological polar surface area (TPSA) is 82.5 Å². The van der Waals surface area contributed by atoms with Crippen molar-refractivity contribution in [1.29, 1.82) is 5.41 Å². The average molecular weight is 333 g/mol. The van der Waals surface area contributed by atoms with Crippen molar-refractivity contribution < 1.29 is 14.3 Å². The lowest BCUT2D eigenvalue weighted by Gasteiger charge is -2.23. The minimum atomic E-state index is -0.202. The second kappa shape index (κ2) is 6.95. The van der Waals surface area contributed by atoms with Crippen molar-refractivity contribution in [2.45, 2.75) is 51.6 Å². The Morgan fingerprint density at radius 2 is 2.17 bits per heavy atom. The monoisotopic (exact) mass is 333 g/mol. The summed E-state index contributed by atoms with van der Waals surface area (Å²) in [6.07, 6.45) is 5.70. The zero-order valence-corrected chi connectivity index (χ0v) is 14.3. The van der Waals surface area contributed by atoms with Crippen LogP contribution < -0.4 is 5.32 Å². The Kier molecular flexibility index (Phi) is 4.92. The van der Waals surface area contributed by atoms with Gasteiger partial charge in [0, 0.05) is 31.5 Å². The molecule has 3 aliphatic rings. The van der Waals surface area contributed by atoms with Crippen molar-refractivity contribution in [3.05, 3.63) is 12.3 Å². The van der Waals surface area contributed by atoms with Gasteiger partial charge in [-0.15, -0.1) is 0 Å². The maximum absolute atomic E-state index is 12.2. The standard InChI is InChI=1S/C18H27N3O3/c1-11(20-10-18(23)21-7-3-4-17(21)19)15-6-5-13-8-14(9-16(13)15)24-12(2)22/h13-16,19-20H,1,3-10H2,2H3/t13-,14+,15?,16+/m1/s1. The fraction of sp³-hybridized carbons (Fsp3) is 0.722. The first-order valence-corrected chi connectivity index (χ1v) is 8.93. The number of carbonyl (C=O) groups excluding carboxylic acids is 2. The van der Waals surface area contributed by atoms with Crippen LogP contribution in [-0.4, -0.2) is 41.8 Å². The molecule has 2 N–H and O–H groups in total. The normalized spacial score (nSPS) is 31.9. The van der Waals surface area contributed by atoms with E-state index in [4.69, 9.17) is 10.1 Å². The van der Waals surface area contributed by atoms with E-state index in [0.29, 0.717) is 36.6 Å². The highest BCUT2D eigenvalue weighted by Crippen LogP contribution is 2.50. The molecule has 132 valence electrons. The van der Waals surface area contributed by atoms with Crippen LogP contribution in [-0.2, 0) is 14.3 Å². The summed E-state index contributed by atoms with van der Waals surface area (Å²) in [5.41, 5.74) is 0.921. The molecule has 6 heteroatoms. The van der Waals surface area contributed by atoms with Gasteiger partial charge in [-0.05, 0) is 43.9 Å². The van der Waals surface area contributed by atoms with E-state index >= 15 is 0 Å². The average Bonchev–Trinajstić information content (AvgIpc) is 3.19. The molecular formula is C18H27N3O3. The Hall–Kier alpha value is -1.85. The molecule has 0 aromatic rings. The summed E-state index contributed by atoms with van der Waals surface area (Å²) in [5, 5.41) is 11.0. The van der Waals surface area contributed by atoms with E-state index < -0.39 is 0 Å². The first kappa shape index (κ1) is 17.0. The lowest BCUT2D eigenvalue weighted by Crippen LogP contribution is -2.39. The summed E-state index contributed by atoms with van der Waals surface area (Å²) in [6.45, 7) is 6.49. The van der Waals surface area contributed by atoms with Crippen molar-refractivity contribution in [2.24, 2.45) is 17.8 Å². The molecular weight excluding hydrogens is 306 g/mol. The molecule has 1 heterocycles. The zero-order chi connectivity index (χ0) is 17.3. The van der Waals surface area contributed by atoms with Crippen molar-refractivity contribution in [1.82, 2.24) is 10.2 Å². The van der Waals surface area contributed by atoms with Crippen LogP contribution in [0.2, 0.25) is 0 Å². The van der Waals surface area contributed by atoms with E-state index in [0.717, 1.165) is 37.8 Å². The van der Waals surface area contributed by atoms with E-state index in [1.165, 1.54) is 6.92 Å². The van der Waals surface area contributed by atoms with Crippen LogP contribution in [0.1, 0.15) is 45.4 Å². The summed E-state index contributed by atoms with van der Waals surface area (Å²) < 4.78 is 5.38. The second-order valence-corrected chi connectivity index (χ2v) is 7.29. The number of amides is 1. The first-order chi connectivity index (χ1) is 11.5. The lowest BCUT2D eigenvalue weighted by molar-refractivity contribution is -0.146. The summed E-state index contributed by atoms with van der Waals surface area (Å²) in [6, 6.07) is 0. The van der Waals surface area contributed by atoms with Crippen LogP contribution in [0.25, 0.3) is 0 Å². The molecule has 2 aliphatic carbocycles. The van der Waals surface area contributed by atoms with Gasteiger partial charge in [-0.25, -0.2) is 0 Å². The number of nitrogens with one attached hydrogen (secondary N) is 2. The first-order valence-electron chi connectivity index (χ1n) is 8.93. The van der Waals surface area contributed by atoms with Crippen molar-refractivity contribution in [3.8, 4) is 0 Å². The van der Waals surface area contributed by atoms with E-state index in [1.807, 2.05) is 0 Å². The third-order valence-corrected chi connectivity index (χ3v) is 5.74. The molecule has 0 spiro atoms. The van der Waals surface area contributed by atoms with Crippen LogP contribution in [0.5, 0.6) is 0 Å². The van der Waals surface area contributed by atoms with Gasteiger partial charge >= 0.3 is 5.97 Å². The summed E-state index contributed by atoms with van der Waals surface area (Å²) in [4.78, 5) is 24.9. The quantitative estimate of drug-likeness (QED) is 0.755. The molecule has 0 bridgehead atoms. The van der Waals surface area contributed by atoms with E-state index in [2.05, 4.69) is 11.9 Å². The number of nitrogens with zero attached hydrogens (tertiary/aromatic N) is 1. The van der Waals surface area contributed by atoms with Gasteiger partial charge in [-0.2, -0.15) is 0 Å². The number of fused-ring (bicyclic) bond motifs is 1. The predicted octanol–water partition coefficient (Wildman–Crippen LogP) is 2.06. The maximum Gasteiger partial charge on any atom is 0.302 e. The van der Waals surface area contributed by atoms with Gasteiger partial charge < -0.3 is 10.1 Å². The van der Waals surface area contributed by atoms with Gasteiger partial charge in [-0.3, -0.25) is 19.9 Å². The number of ether oxygens (including phenoxy) is 1. The fourth-order valence-electron chi connectivity index (χ4n) is 4.67. The van der Waals surface area contributed by atoms with Crippen LogP contribution in [0, 0.1) is 23.2 Å². The van der Waals surface area contributed by atoms with Crippen molar-refractivity contribution in [2.75, 3.05) is 13.1 Å². The maximum atomic E-state index is 12.2. The predicted molar refractivity (Wildman–Crippen MR) is 90.3 cm³/mol. The summed E-state index contributed by atoms with van der Waals surface area (Å²) in [7, 11) is 0. The molecule has 6 nitrogen and oxygen atoms in total. The number of esters is 1. The van der Waals surface area contributed by atoms with E-state index in [1.54, 1.807) is 4.90 Å². The third-order valence-electron chi connectivity index (χ3n) is 5.74. The van der Waals surface area contributed by atoms with Crippen LogP contribution in [0.3, 0.4) is 0 Å². The van der Waals surface area contributed by atoms with Crippen LogP contribution in [0.15, 0.2) is 12.3 Å². The third kappa shape index (κ3) is 3.47. The SMILES string of the molecule is C=C(NCC(=O)N1CCCC1=N)C1CC[C@@H]2C[C@H](OC(C)=O)C[C@H]12. The lowest BCUT2D eigenvalue weighted by atomic mass is 9.90. The highest BCUT2D eigenvalue weighted by atomic mass is 16.5.